The van der Waals surface area contributed by atoms with Gasteiger partial charge in [-0.1, -0.05) is 56.0 Å². The Balaban J connectivity index is 2.90. The van der Waals surface area contributed by atoms with Crippen molar-refractivity contribution in [3.05, 3.63) is 40.7 Å². The van der Waals surface area contributed by atoms with E-state index in [1.807, 2.05) is 0 Å². The molecule has 0 heterocycles. The van der Waals surface area contributed by atoms with Gasteiger partial charge in [0.05, 0.1) is 8.07 Å². The number of hydrogen-bond donors (Lipinski definition) is 0. The van der Waals surface area contributed by atoms with E-state index in [0.29, 0.717) is 0 Å². The summed E-state index contributed by atoms with van der Waals surface area (Å²) < 4.78 is 0. The Morgan fingerprint density at radius 1 is 1.15 bits per heavy atom. The maximum absolute atomic E-state index is 2.41. The molecule has 0 amide bonds. The van der Waals surface area contributed by atoms with Gasteiger partial charge in [-0.3, -0.25) is 0 Å². The molecule has 0 atom stereocenters. The van der Waals surface area contributed by atoms with Gasteiger partial charge in [-0.2, -0.15) is 0 Å². The molecular weight excluding hydrogens is 188 g/mol. The van der Waals surface area contributed by atoms with E-state index in [4.69, 9.17) is 0 Å². The van der Waals surface area contributed by atoms with E-state index in [1.54, 1.807) is 4.82 Å². The normalized spacial score (nSPS) is 13.3. The second-order valence-electron chi connectivity index (χ2n) is 4.49. The Morgan fingerprint density at radius 3 is 2.15 bits per heavy atom. The Labute approximate surface area is 85.1 Å². The largest absolute Gasteiger partial charge is 0.100 e. The molecule has 0 N–H and O–H groups in total. The second kappa shape index (κ2) is 4.07. The third kappa shape index (κ3) is 3.32. The number of rotatable bonds is 2. The molecule has 13 heavy (non-hydrogen) atoms. The first-order valence-corrected chi connectivity index (χ1v) is 9.24. The van der Waals surface area contributed by atoms with Crippen LogP contribution in [-0.2, 0) is 0 Å². The quantitative estimate of drug-likeness (QED) is 0.651. The zero-order valence-electron chi connectivity index (χ0n) is 8.96. The van der Waals surface area contributed by atoms with Gasteiger partial charge in [-0.05, 0) is 5.56 Å². The molecule has 1 aromatic rings. The van der Waals surface area contributed by atoms with Crippen molar-refractivity contribution in [3.63, 3.8) is 0 Å². The molecule has 1 rings (SSSR count). The molecule has 0 unspecified atom stereocenters. The summed E-state index contributed by atoms with van der Waals surface area (Å²) >= 11 is 0. The lowest BCUT2D eigenvalue weighted by Gasteiger charge is -2.17. The van der Waals surface area contributed by atoms with Crippen LogP contribution in [0, 0.1) is 0 Å². The van der Waals surface area contributed by atoms with E-state index in [0.717, 1.165) is 0 Å². The van der Waals surface area contributed by atoms with Crippen molar-refractivity contribution < 1.29 is 0 Å². The Morgan fingerprint density at radius 2 is 1.69 bits per heavy atom. The van der Waals surface area contributed by atoms with Crippen LogP contribution in [-0.4, -0.2) is 18.3 Å². The smallest absolute Gasteiger partial charge is 0.0670 e. The van der Waals surface area contributed by atoms with Crippen LogP contribution in [0.25, 0.3) is 6.08 Å². The highest BCUT2D eigenvalue weighted by atomic mass is 28.4. The lowest BCUT2D eigenvalue weighted by Crippen LogP contribution is -2.23. The van der Waals surface area contributed by atoms with Crippen molar-refractivity contribution in [2.45, 2.75) is 19.6 Å². The molecule has 0 radical (unpaired) electrons. The van der Waals surface area contributed by atoms with Crippen LogP contribution < -0.4 is 0 Å². The zero-order valence-corrected chi connectivity index (χ0v) is 12.0. The summed E-state index contributed by atoms with van der Waals surface area (Å²) in [4.78, 5) is 1.69. The van der Waals surface area contributed by atoms with E-state index in [9.17, 15) is 0 Å². The summed E-state index contributed by atoms with van der Waals surface area (Å²) in [6.45, 7) is 7.23. The first-order chi connectivity index (χ1) is 6.00. The molecule has 0 fully saturated rings. The molecule has 0 aliphatic rings. The standard InChI is InChI=1S/C11H18Si2/c1-13(2,3)11(12)9-10-7-5-4-6-8-10/h4-9H,1-3,12H3. The summed E-state index contributed by atoms with van der Waals surface area (Å²) in [6, 6.07) is 10.6. The van der Waals surface area contributed by atoms with Gasteiger partial charge < -0.3 is 0 Å². The summed E-state index contributed by atoms with van der Waals surface area (Å²) in [5.74, 6) is 0. The third-order valence-electron chi connectivity index (χ3n) is 2.37. The fourth-order valence-corrected chi connectivity index (χ4v) is 1.95. The molecule has 2 heteroatoms. The van der Waals surface area contributed by atoms with Crippen LogP contribution in [0.15, 0.2) is 35.2 Å². The lowest BCUT2D eigenvalue weighted by atomic mass is 10.2. The van der Waals surface area contributed by atoms with Gasteiger partial charge in [-0.25, -0.2) is 0 Å². The maximum atomic E-state index is 2.41. The zero-order chi connectivity index (χ0) is 9.90. The average molecular weight is 206 g/mol. The van der Waals surface area contributed by atoms with Crippen LogP contribution in [0.2, 0.25) is 19.6 Å². The van der Waals surface area contributed by atoms with Gasteiger partial charge >= 0.3 is 0 Å². The van der Waals surface area contributed by atoms with Gasteiger partial charge in [0, 0.05) is 10.2 Å². The fraction of sp³-hybridized carbons (Fsp3) is 0.273. The van der Waals surface area contributed by atoms with Crippen LogP contribution in [0.1, 0.15) is 5.56 Å². The first kappa shape index (κ1) is 10.5. The van der Waals surface area contributed by atoms with E-state index < -0.39 is 8.07 Å². The van der Waals surface area contributed by atoms with Crippen molar-refractivity contribution in [2.75, 3.05) is 0 Å². The molecule has 1 aromatic carbocycles. The molecule has 0 saturated heterocycles. The molecule has 0 bridgehead atoms. The molecule has 0 aromatic heterocycles. The highest BCUT2D eigenvalue weighted by Gasteiger charge is 2.14. The summed E-state index contributed by atoms with van der Waals surface area (Å²) in [7, 11) is 0.185. The predicted molar refractivity (Wildman–Crippen MR) is 67.7 cm³/mol. The summed E-state index contributed by atoms with van der Waals surface area (Å²) in [5, 5.41) is 0. The summed E-state index contributed by atoms with van der Waals surface area (Å²) in [6.07, 6.45) is 2.37. The lowest BCUT2D eigenvalue weighted by molar-refractivity contribution is 1.65. The highest BCUT2D eigenvalue weighted by Crippen LogP contribution is 2.14. The molecule has 0 spiro atoms. The molecule has 0 nitrogen and oxygen atoms in total. The van der Waals surface area contributed by atoms with Crippen LogP contribution in [0.5, 0.6) is 0 Å². The minimum atomic E-state index is -1.02. The van der Waals surface area contributed by atoms with Gasteiger partial charge in [0.25, 0.3) is 0 Å². The van der Waals surface area contributed by atoms with E-state index in [2.05, 4.69) is 56.0 Å². The SMILES string of the molecule is C[Si](C)(C)C([SiH3])=Cc1ccccc1. The minimum Gasteiger partial charge on any atom is -0.100 e. The molecule has 0 saturated carbocycles. The van der Waals surface area contributed by atoms with Gasteiger partial charge in [0.1, 0.15) is 0 Å². The van der Waals surface area contributed by atoms with E-state index >= 15 is 0 Å². The maximum Gasteiger partial charge on any atom is 0.0670 e. The summed E-state index contributed by atoms with van der Waals surface area (Å²) in [5.41, 5.74) is 1.36. The highest BCUT2D eigenvalue weighted by molar-refractivity contribution is 6.90. The van der Waals surface area contributed by atoms with Crippen molar-refractivity contribution in [2.24, 2.45) is 0 Å². The fourth-order valence-electron chi connectivity index (χ4n) is 1.02. The Hall–Kier alpha value is -0.606. The molecule has 0 aliphatic carbocycles. The molecule has 70 valence electrons. The van der Waals surface area contributed by atoms with Crippen molar-refractivity contribution in [1.82, 2.24) is 0 Å². The minimum absolute atomic E-state index is 1.02. The van der Waals surface area contributed by atoms with Crippen LogP contribution in [0.3, 0.4) is 0 Å². The first-order valence-electron chi connectivity index (χ1n) is 4.74. The van der Waals surface area contributed by atoms with Gasteiger partial charge in [0.15, 0.2) is 0 Å². The molecule has 0 aliphatic heterocycles. The Bertz CT molecular complexity index is 294. The van der Waals surface area contributed by atoms with E-state index in [1.165, 1.54) is 15.8 Å². The van der Waals surface area contributed by atoms with Crippen molar-refractivity contribution in [3.8, 4) is 0 Å². The number of benzene rings is 1. The number of hydrogen-bond acceptors (Lipinski definition) is 0. The van der Waals surface area contributed by atoms with E-state index in [-0.39, 0.29) is 0 Å². The topological polar surface area (TPSA) is 0 Å². The third-order valence-corrected chi connectivity index (χ3v) is 9.66. The predicted octanol–water partition coefficient (Wildman–Crippen LogP) is 2.27. The second-order valence-corrected chi connectivity index (χ2v) is 11.9. The van der Waals surface area contributed by atoms with Gasteiger partial charge in [-0.15, -0.1) is 4.82 Å². The van der Waals surface area contributed by atoms with Crippen LogP contribution >= 0.6 is 0 Å². The average Bonchev–Trinajstić information content (AvgIpc) is 2.04. The van der Waals surface area contributed by atoms with Crippen molar-refractivity contribution in [1.29, 1.82) is 0 Å². The molecular formula is C11H18Si2. The Kier molecular flexibility index (Phi) is 3.28. The van der Waals surface area contributed by atoms with Crippen molar-refractivity contribution >= 4 is 24.4 Å². The van der Waals surface area contributed by atoms with Gasteiger partial charge in [0.2, 0.25) is 0 Å². The monoisotopic (exact) mass is 206 g/mol. The van der Waals surface area contributed by atoms with Crippen LogP contribution in [0.4, 0.5) is 0 Å².